The molecule has 0 bridgehead atoms. The third-order valence-corrected chi connectivity index (χ3v) is 5.06. The predicted molar refractivity (Wildman–Crippen MR) is 160 cm³/mol. The average Bonchev–Trinajstić information content (AvgIpc) is 3.49. The first-order valence-electron chi connectivity index (χ1n) is 12.4. The Morgan fingerprint density at radius 3 is 2.19 bits per heavy atom. The number of carbonyl (C=O) groups is 2. The van der Waals surface area contributed by atoms with Crippen LogP contribution in [-0.4, -0.2) is 57.8 Å². The third-order valence-electron chi connectivity index (χ3n) is 4.89. The summed E-state index contributed by atoms with van der Waals surface area (Å²) in [5.74, 6) is -0.0557. The summed E-state index contributed by atoms with van der Waals surface area (Å²) in [5, 5.41) is 13.5. The van der Waals surface area contributed by atoms with Crippen molar-refractivity contribution < 1.29 is 9.59 Å². The van der Waals surface area contributed by atoms with Crippen molar-refractivity contribution in [1.29, 1.82) is 0 Å². The number of nitrogens with one attached hydrogen (secondary N) is 4. The van der Waals surface area contributed by atoms with Crippen molar-refractivity contribution in [2.24, 2.45) is 4.99 Å². The van der Waals surface area contributed by atoms with E-state index in [2.05, 4.69) is 52.2 Å². The molecule has 0 aliphatic carbocycles. The summed E-state index contributed by atoms with van der Waals surface area (Å²) in [5.41, 5.74) is 3.00. The molecule has 1 aromatic carbocycles. The Hall–Kier alpha value is -2.68. The van der Waals surface area contributed by atoms with Gasteiger partial charge in [0, 0.05) is 12.2 Å². The van der Waals surface area contributed by atoms with Gasteiger partial charge in [0.25, 0.3) is 0 Å². The molecule has 1 saturated heterocycles. The van der Waals surface area contributed by atoms with Crippen LogP contribution in [0.1, 0.15) is 46.1 Å². The summed E-state index contributed by atoms with van der Waals surface area (Å²) in [6.07, 6.45) is 9.65. The molecule has 36 heavy (non-hydrogen) atoms. The maximum absolute atomic E-state index is 11.6. The normalized spacial score (nSPS) is 13.0. The van der Waals surface area contributed by atoms with Gasteiger partial charge in [0.15, 0.2) is 0 Å². The van der Waals surface area contributed by atoms with Gasteiger partial charge in [-0.25, -0.2) is 0 Å². The SMILES string of the molecule is C/C=C(\C)C(Cc1ccc(NC(=O)CNCC)cc1)NC=O.C1CCNC1.C=C/C=C/S.C=NCC. The fourth-order valence-corrected chi connectivity index (χ4v) is 2.85. The lowest BCUT2D eigenvalue weighted by Gasteiger charge is -2.17. The average molecular weight is 518 g/mol. The molecule has 1 atom stereocenters. The van der Waals surface area contributed by atoms with Gasteiger partial charge < -0.3 is 26.3 Å². The van der Waals surface area contributed by atoms with E-state index in [1.807, 2.05) is 58.0 Å². The highest BCUT2D eigenvalue weighted by molar-refractivity contribution is 7.83. The van der Waals surface area contributed by atoms with Crippen molar-refractivity contribution in [1.82, 2.24) is 16.0 Å². The molecule has 0 saturated carbocycles. The molecule has 1 aliphatic heterocycles. The molecule has 1 heterocycles. The topological polar surface area (TPSA) is 94.6 Å². The van der Waals surface area contributed by atoms with Gasteiger partial charge in [-0.2, -0.15) is 12.6 Å². The zero-order chi connectivity index (χ0) is 27.4. The number of hydrogen-bond acceptors (Lipinski definition) is 6. The van der Waals surface area contributed by atoms with Crippen molar-refractivity contribution >= 4 is 37.4 Å². The highest BCUT2D eigenvalue weighted by Gasteiger charge is 2.10. The van der Waals surface area contributed by atoms with Crippen molar-refractivity contribution in [3.05, 3.63) is 65.6 Å². The second kappa shape index (κ2) is 26.9. The quantitative estimate of drug-likeness (QED) is 0.0979. The predicted octanol–water partition coefficient (Wildman–Crippen LogP) is 4.55. The van der Waals surface area contributed by atoms with Crippen LogP contribution in [-0.2, 0) is 16.0 Å². The minimum absolute atomic E-state index is 0.00306. The number of benzene rings is 1. The van der Waals surface area contributed by atoms with Crippen LogP contribution in [0.15, 0.2) is 65.0 Å². The lowest BCUT2D eigenvalue weighted by atomic mass is 10.00. The molecule has 0 spiro atoms. The third kappa shape index (κ3) is 21.8. The lowest BCUT2D eigenvalue weighted by Crippen LogP contribution is -2.31. The number of anilines is 1. The Balaban J connectivity index is 0. The molecule has 1 unspecified atom stereocenters. The van der Waals surface area contributed by atoms with Crippen LogP contribution in [0.4, 0.5) is 5.69 Å². The Labute approximate surface area is 224 Å². The number of amides is 2. The molecule has 202 valence electrons. The van der Waals surface area contributed by atoms with Gasteiger partial charge >= 0.3 is 0 Å². The monoisotopic (exact) mass is 517 g/mol. The highest BCUT2D eigenvalue weighted by atomic mass is 32.1. The van der Waals surface area contributed by atoms with E-state index < -0.39 is 0 Å². The number of hydrogen-bond donors (Lipinski definition) is 5. The van der Waals surface area contributed by atoms with Crippen LogP contribution in [0.5, 0.6) is 0 Å². The Bertz CT molecular complexity index is 752. The minimum Gasteiger partial charge on any atom is -0.352 e. The summed E-state index contributed by atoms with van der Waals surface area (Å²) in [7, 11) is 0. The van der Waals surface area contributed by atoms with Gasteiger partial charge in [0.2, 0.25) is 12.3 Å². The van der Waals surface area contributed by atoms with Crippen LogP contribution >= 0.6 is 12.6 Å². The summed E-state index contributed by atoms with van der Waals surface area (Å²) < 4.78 is 0. The maximum Gasteiger partial charge on any atom is 0.238 e. The molecular formula is C28H47N5O2S. The second-order valence-corrected chi connectivity index (χ2v) is 7.97. The van der Waals surface area contributed by atoms with Crippen LogP contribution in [0, 0.1) is 0 Å². The summed E-state index contributed by atoms with van der Waals surface area (Å²) in [6, 6.07) is 7.68. The van der Waals surface area contributed by atoms with Gasteiger partial charge in [0.1, 0.15) is 0 Å². The molecule has 8 heteroatoms. The zero-order valence-electron chi connectivity index (χ0n) is 22.6. The smallest absolute Gasteiger partial charge is 0.238 e. The lowest BCUT2D eigenvalue weighted by molar-refractivity contribution is -0.115. The number of likely N-dealkylation sites (N-methyl/N-ethyl adjacent to an activating group) is 1. The largest absolute Gasteiger partial charge is 0.352 e. The highest BCUT2D eigenvalue weighted by Crippen LogP contribution is 2.14. The van der Waals surface area contributed by atoms with E-state index in [-0.39, 0.29) is 11.9 Å². The molecule has 2 rings (SSSR count). The molecule has 1 aromatic rings. The molecule has 1 aliphatic rings. The first-order chi connectivity index (χ1) is 17.4. The summed E-state index contributed by atoms with van der Waals surface area (Å²) >= 11 is 3.75. The first kappa shape index (κ1) is 35.5. The number of rotatable bonds is 11. The van der Waals surface area contributed by atoms with E-state index in [1.54, 1.807) is 17.6 Å². The van der Waals surface area contributed by atoms with Crippen molar-refractivity contribution in [3.63, 3.8) is 0 Å². The zero-order valence-corrected chi connectivity index (χ0v) is 23.4. The Morgan fingerprint density at radius 1 is 1.22 bits per heavy atom. The summed E-state index contributed by atoms with van der Waals surface area (Å²) in [4.78, 5) is 25.8. The van der Waals surface area contributed by atoms with Crippen LogP contribution in [0.3, 0.4) is 0 Å². The van der Waals surface area contributed by atoms with Crippen molar-refractivity contribution in [2.45, 2.75) is 53.0 Å². The number of carbonyl (C=O) groups excluding carboxylic acids is 2. The summed E-state index contributed by atoms with van der Waals surface area (Å²) in [6.45, 7) is 18.9. The van der Waals surface area contributed by atoms with Gasteiger partial charge in [-0.1, -0.05) is 49.4 Å². The Morgan fingerprint density at radius 2 is 1.83 bits per heavy atom. The molecule has 1 fully saturated rings. The van der Waals surface area contributed by atoms with Gasteiger partial charge in [-0.05, 0) is 89.5 Å². The van der Waals surface area contributed by atoms with E-state index in [0.29, 0.717) is 6.54 Å². The first-order valence-corrected chi connectivity index (χ1v) is 12.9. The maximum atomic E-state index is 11.6. The van der Waals surface area contributed by atoms with Crippen LogP contribution in [0.2, 0.25) is 0 Å². The van der Waals surface area contributed by atoms with Gasteiger partial charge in [-0.15, -0.1) is 0 Å². The fourth-order valence-electron chi connectivity index (χ4n) is 2.72. The van der Waals surface area contributed by atoms with E-state index in [9.17, 15) is 9.59 Å². The minimum atomic E-state index is -0.0557. The molecule has 0 aromatic heterocycles. The van der Waals surface area contributed by atoms with Crippen LogP contribution < -0.4 is 21.3 Å². The molecule has 0 radical (unpaired) electrons. The number of thiol groups is 1. The molecule has 7 nitrogen and oxygen atoms in total. The number of allylic oxidation sites excluding steroid dienone is 3. The van der Waals surface area contributed by atoms with E-state index >= 15 is 0 Å². The second-order valence-electron chi connectivity index (χ2n) is 7.67. The molecule has 4 N–H and O–H groups in total. The van der Waals surface area contributed by atoms with Crippen LogP contribution in [0.25, 0.3) is 0 Å². The van der Waals surface area contributed by atoms with E-state index in [1.165, 1.54) is 25.9 Å². The fraction of sp³-hybridized carbons (Fsp3) is 0.464. The van der Waals surface area contributed by atoms with Crippen molar-refractivity contribution in [2.75, 3.05) is 38.0 Å². The van der Waals surface area contributed by atoms with Crippen molar-refractivity contribution in [3.8, 4) is 0 Å². The standard InChI is InChI=1S/C17H25N3O2.C4H9N.C4H6S.C3H7N/c1-4-13(3)16(19-12-21)10-14-6-8-15(9-7-14)20-17(22)11-18-5-2;1-2-4-5-3-1;1-2-3-4-5;1-3-4-2/h4,6-9,12,16,18H,5,10-11H2,1-3H3,(H,19,21)(H,20,22);5H,1-4H2;2-5H,1H2;2-3H2,1H3/b13-4+;;4-3+;. The molecule has 2 amide bonds. The van der Waals surface area contributed by atoms with E-state index in [4.69, 9.17) is 0 Å². The number of aliphatic imine (C=N–C) groups is 1. The van der Waals surface area contributed by atoms with E-state index in [0.717, 1.165) is 42.7 Å². The Kier molecular flexibility index (Phi) is 26.5. The van der Waals surface area contributed by atoms with Gasteiger partial charge in [-0.3, -0.25) is 9.59 Å². The number of nitrogens with zero attached hydrogens (tertiary/aromatic N) is 1. The molecular weight excluding hydrogens is 470 g/mol. The van der Waals surface area contributed by atoms with Gasteiger partial charge in [0.05, 0.1) is 12.6 Å².